The van der Waals surface area contributed by atoms with E-state index in [-0.39, 0.29) is 11.1 Å². The van der Waals surface area contributed by atoms with Crippen LogP contribution < -0.4 is 0 Å². The van der Waals surface area contributed by atoms with Gasteiger partial charge in [0.2, 0.25) is 0 Å². The summed E-state index contributed by atoms with van der Waals surface area (Å²) in [7, 11) is 0. The van der Waals surface area contributed by atoms with Gasteiger partial charge < -0.3 is 0 Å². The second kappa shape index (κ2) is 4.45. The van der Waals surface area contributed by atoms with E-state index in [1.54, 1.807) is 18.2 Å². The van der Waals surface area contributed by atoms with Crippen molar-refractivity contribution in [2.24, 2.45) is 0 Å². The lowest BCUT2D eigenvalue weighted by atomic mass is 9.99. The Bertz CT molecular complexity index is 504. The van der Waals surface area contributed by atoms with Gasteiger partial charge in [-0.15, -0.1) is 0 Å². The van der Waals surface area contributed by atoms with Crippen molar-refractivity contribution in [1.29, 1.82) is 0 Å². The van der Waals surface area contributed by atoms with Crippen LogP contribution in [0.5, 0.6) is 0 Å². The third-order valence-corrected chi connectivity index (χ3v) is 2.55. The van der Waals surface area contributed by atoms with E-state index in [2.05, 4.69) is 0 Å². The van der Waals surface area contributed by atoms with Crippen molar-refractivity contribution in [3.05, 3.63) is 71.3 Å². The number of carbonyl (C=O) groups excluding carboxylic acids is 1. The lowest BCUT2D eigenvalue weighted by Crippen LogP contribution is -2.14. The van der Waals surface area contributed by atoms with E-state index >= 15 is 0 Å². The van der Waals surface area contributed by atoms with Crippen molar-refractivity contribution in [2.45, 2.75) is 5.92 Å². The highest BCUT2D eigenvalue weighted by atomic mass is 19.3. The van der Waals surface area contributed by atoms with Crippen LogP contribution in [0, 0.1) is 0 Å². The Morgan fingerprint density at radius 3 is 1.88 bits per heavy atom. The van der Waals surface area contributed by atoms with Crippen molar-refractivity contribution in [2.75, 3.05) is 0 Å². The minimum absolute atomic E-state index is 0.0566. The van der Waals surface area contributed by atoms with E-state index in [1.807, 2.05) is 0 Å². The summed E-state index contributed by atoms with van der Waals surface area (Å²) in [6.45, 7) is 0. The number of carbonyl (C=O) groups is 1. The van der Waals surface area contributed by atoms with Gasteiger partial charge in [0, 0.05) is 16.7 Å². The van der Waals surface area contributed by atoms with Gasteiger partial charge in [0.1, 0.15) is 6.29 Å². The first-order valence-electron chi connectivity index (χ1n) is 5.13. The smallest absolute Gasteiger partial charge is 0.298 e. The van der Waals surface area contributed by atoms with Crippen molar-refractivity contribution < 1.29 is 13.6 Å². The topological polar surface area (TPSA) is 17.1 Å². The van der Waals surface area contributed by atoms with Gasteiger partial charge >= 0.3 is 0 Å². The fourth-order valence-corrected chi connectivity index (χ4v) is 1.59. The molecule has 0 heterocycles. The van der Waals surface area contributed by atoms with E-state index < -0.39 is 5.92 Å². The Morgan fingerprint density at radius 2 is 1.35 bits per heavy atom. The lowest BCUT2D eigenvalue weighted by Gasteiger charge is -2.17. The Kier molecular flexibility index (Phi) is 3.00. The summed E-state index contributed by atoms with van der Waals surface area (Å²) in [4.78, 5) is 10.4. The van der Waals surface area contributed by atoms with E-state index in [4.69, 9.17) is 0 Å². The molecule has 0 aliphatic carbocycles. The molecule has 0 bridgehead atoms. The van der Waals surface area contributed by atoms with Crippen LogP contribution in [0.2, 0.25) is 0 Å². The molecule has 0 N–H and O–H groups in total. The van der Waals surface area contributed by atoms with Crippen LogP contribution in [-0.2, 0) is 5.92 Å². The second-order valence-corrected chi connectivity index (χ2v) is 3.68. The van der Waals surface area contributed by atoms with Gasteiger partial charge in [0.05, 0.1) is 0 Å². The molecule has 1 nitrogen and oxygen atoms in total. The van der Waals surface area contributed by atoms with Crippen LogP contribution >= 0.6 is 0 Å². The average Bonchev–Trinajstić information content (AvgIpc) is 2.40. The largest absolute Gasteiger partial charge is 0.298 e. The summed E-state index contributed by atoms with van der Waals surface area (Å²) in [5.41, 5.74) is 0.214. The number of rotatable bonds is 3. The number of benzene rings is 2. The van der Waals surface area contributed by atoms with Crippen LogP contribution in [-0.4, -0.2) is 6.29 Å². The first-order valence-corrected chi connectivity index (χ1v) is 5.13. The Morgan fingerprint density at radius 1 is 0.824 bits per heavy atom. The van der Waals surface area contributed by atoms with Gasteiger partial charge in [0.15, 0.2) is 0 Å². The third kappa shape index (κ3) is 2.23. The molecule has 0 atom stereocenters. The molecule has 0 spiro atoms. The fraction of sp³-hybridized carbons (Fsp3) is 0.0714. The maximum atomic E-state index is 14.0. The maximum Gasteiger partial charge on any atom is 0.298 e. The van der Waals surface area contributed by atoms with Crippen molar-refractivity contribution in [3.63, 3.8) is 0 Å². The summed E-state index contributed by atoms with van der Waals surface area (Å²) >= 11 is 0. The molecule has 3 heteroatoms. The van der Waals surface area contributed by atoms with E-state index in [0.717, 1.165) is 0 Å². The van der Waals surface area contributed by atoms with Crippen LogP contribution in [0.25, 0.3) is 0 Å². The second-order valence-electron chi connectivity index (χ2n) is 3.68. The molecule has 0 saturated heterocycles. The highest BCUT2D eigenvalue weighted by Gasteiger charge is 2.33. The molecular weight excluding hydrogens is 222 g/mol. The van der Waals surface area contributed by atoms with E-state index in [0.29, 0.717) is 11.8 Å². The first-order chi connectivity index (χ1) is 8.14. The van der Waals surface area contributed by atoms with Crippen LogP contribution in [0.4, 0.5) is 8.78 Å². The molecule has 17 heavy (non-hydrogen) atoms. The van der Waals surface area contributed by atoms with Gasteiger partial charge in [-0.25, -0.2) is 0 Å². The molecule has 86 valence electrons. The summed E-state index contributed by atoms with van der Waals surface area (Å²) in [5.74, 6) is -3.04. The van der Waals surface area contributed by atoms with Crippen LogP contribution in [0.3, 0.4) is 0 Å². The Hall–Kier alpha value is -2.03. The quantitative estimate of drug-likeness (QED) is 0.738. The molecule has 0 amide bonds. The molecule has 0 fully saturated rings. The summed E-state index contributed by atoms with van der Waals surface area (Å²) in [6, 6.07) is 12.9. The van der Waals surface area contributed by atoms with Gasteiger partial charge in [-0.05, 0) is 0 Å². The Balaban J connectivity index is 2.40. The normalized spacial score (nSPS) is 11.2. The fourth-order valence-electron chi connectivity index (χ4n) is 1.59. The zero-order valence-electron chi connectivity index (χ0n) is 8.94. The molecule has 0 aliphatic rings. The van der Waals surface area contributed by atoms with Crippen molar-refractivity contribution in [1.82, 2.24) is 0 Å². The van der Waals surface area contributed by atoms with Crippen molar-refractivity contribution >= 4 is 6.29 Å². The van der Waals surface area contributed by atoms with Crippen LogP contribution in [0.1, 0.15) is 21.5 Å². The summed E-state index contributed by atoms with van der Waals surface area (Å²) < 4.78 is 28.1. The molecule has 0 aliphatic heterocycles. The molecule has 0 radical (unpaired) electrons. The number of halogens is 2. The SMILES string of the molecule is O=Cc1ccc(C(F)(F)c2ccccc2)cc1. The number of aldehydes is 1. The predicted molar refractivity (Wildman–Crippen MR) is 61.3 cm³/mol. The third-order valence-electron chi connectivity index (χ3n) is 2.55. The average molecular weight is 232 g/mol. The predicted octanol–water partition coefficient (Wildman–Crippen LogP) is 3.64. The Labute approximate surface area is 97.7 Å². The minimum atomic E-state index is -3.04. The van der Waals surface area contributed by atoms with E-state index in [1.165, 1.54) is 36.4 Å². The van der Waals surface area contributed by atoms with Crippen LogP contribution in [0.15, 0.2) is 54.6 Å². The first kappa shape index (κ1) is 11.5. The maximum absolute atomic E-state index is 14.0. The molecule has 2 aromatic carbocycles. The highest BCUT2D eigenvalue weighted by Crippen LogP contribution is 2.35. The monoisotopic (exact) mass is 232 g/mol. The van der Waals surface area contributed by atoms with Gasteiger partial charge in [0.25, 0.3) is 5.92 Å². The van der Waals surface area contributed by atoms with Gasteiger partial charge in [-0.2, -0.15) is 8.78 Å². The van der Waals surface area contributed by atoms with Gasteiger partial charge in [-0.1, -0.05) is 54.6 Å². The highest BCUT2D eigenvalue weighted by molar-refractivity contribution is 5.74. The molecule has 0 saturated carbocycles. The molecule has 2 rings (SSSR count). The minimum Gasteiger partial charge on any atom is -0.298 e. The van der Waals surface area contributed by atoms with Crippen molar-refractivity contribution in [3.8, 4) is 0 Å². The number of hydrogen-bond donors (Lipinski definition) is 0. The standard InChI is InChI=1S/C14H10F2O/c15-14(16,12-4-2-1-3-5-12)13-8-6-11(10-17)7-9-13/h1-10H. The summed E-state index contributed by atoms with van der Waals surface area (Å²) in [6.07, 6.45) is 0.629. The van der Waals surface area contributed by atoms with E-state index in [9.17, 15) is 13.6 Å². The molecule has 0 aromatic heterocycles. The number of hydrogen-bond acceptors (Lipinski definition) is 1. The molecule has 0 unspecified atom stereocenters. The van der Waals surface area contributed by atoms with Gasteiger partial charge in [-0.3, -0.25) is 4.79 Å². The molecular formula is C14H10F2O. The number of alkyl halides is 2. The summed E-state index contributed by atoms with van der Waals surface area (Å²) in [5, 5.41) is 0. The zero-order chi connectivity index (χ0) is 12.3. The molecule has 2 aromatic rings. The zero-order valence-corrected chi connectivity index (χ0v) is 8.94. The lowest BCUT2D eigenvalue weighted by molar-refractivity contribution is 0.0428.